The van der Waals surface area contributed by atoms with Crippen molar-refractivity contribution >= 4 is 22.9 Å². The summed E-state index contributed by atoms with van der Waals surface area (Å²) >= 11 is 7.23. The number of rotatable bonds is 5. The van der Waals surface area contributed by atoms with Crippen LogP contribution in [0.15, 0.2) is 11.4 Å². The summed E-state index contributed by atoms with van der Waals surface area (Å²) in [5.41, 5.74) is 0.639. The van der Waals surface area contributed by atoms with Crippen molar-refractivity contribution in [2.45, 2.75) is 38.4 Å². The van der Waals surface area contributed by atoms with Crippen molar-refractivity contribution in [3.63, 3.8) is 0 Å². The molecule has 1 aromatic heterocycles. The lowest BCUT2D eigenvalue weighted by molar-refractivity contribution is 0.0125. The van der Waals surface area contributed by atoms with E-state index < -0.39 is 12.2 Å². The molecule has 2 N–H and O–H groups in total. The molecule has 0 fully saturated rings. The van der Waals surface area contributed by atoms with E-state index in [9.17, 15) is 10.2 Å². The minimum atomic E-state index is -0.847. The fourth-order valence-corrected chi connectivity index (χ4v) is 2.28. The van der Waals surface area contributed by atoms with Crippen molar-refractivity contribution in [3.05, 3.63) is 21.3 Å². The van der Waals surface area contributed by atoms with Crippen LogP contribution in [0.4, 0.5) is 0 Å². The highest BCUT2D eigenvalue weighted by Gasteiger charge is 2.20. The molecule has 0 aliphatic heterocycles. The Labute approximate surface area is 93.2 Å². The van der Waals surface area contributed by atoms with Gasteiger partial charge in [0.1, 0.15) is 6.10 Å². The van der Waals surface area contributed by atoms with Gasteiger partial charge in [0.25, 0.3) is 0 Å². The number of unbranched alkanes of at least 4 members (excludes halogenated alkanes) is 1. The molecule has 1 aromatic rings. The lowest BCUT2D eigenvalue weighted by atomic mass is 10.0. The van der Waals surface area contributed by atoms with Crippen LogP contribution in [0.1, 0.15) is 37.9 Å². The first-order valence-electron chi connectivity index (χ1n) is 4.75. The number of aliphatic hydroxyl groups is 2. The summed E-state index contributed by atoms with van der Waals surface area (Å²) < 4.78 is 0.563. The minimum absolute atomic E-state index is 0.563. The summed E-state index contributed by atoms with van der Waals surface area (Å²) in [4.78, 5) is 0. The van der Waals surface area contributed by atoms with Gasteiger partial charge < -0.3 is 10.2 Å². The number of hydrogen-bond acceptors (Lipinski definition) is 3. The first kappa shape index (κ1) is 12.0. The van der Waals surface area contributed by atoms with Gasteiger partial charge in [-0.25, -0.2) is 0 Å². The maximum Gasteiger partial charge on any atom is 0.107 e. The number of hydrogen-bond donors (Lipinski definition) is 2. The number of halogens is 1. The van der Waals surface area contributed by atoms with Crippen LogP contribution in [0.25, 0.3) is 0 Å². The zero-order valence-corrected chi connectivity index (χ0v) is 9.68. The van der Waals surface area contributed by atoms with Gasteiger partial charge in [0.05, 0.1) is 10.4 Å². The fraction of sp³-hybridized carbons (Fsp3) is 0.600. The standard InChI is InChI=1S/C10H15ClO2S/c1-2-3-4-8(12)9(13)7-5-6-14-10(7)11/h5-6,8-9,12-13H,2-4H2,1H3/t8-,9-/m1/s1. The first-order valence-corrected chi connectivity index (χ1v) is 6.01. The van der Waals surface area contributed by atoms with Crippen LogP contribution in [0.3, 0.4) is 0 Å². The third kappa shape index (κ3) is 2.95. The third-order valence-electron chi connectivity index (χ3n) is 2.18. The van der Waals surface area contributed by atoms with Gasteiger partial charge in [0.2, 0.25) is 0 Å². The average Bonchev–Trinajstić information content (AvgIpc) is 2.59. The zero-order valence-electron chi connectivity index (χ0n) is 8.11. The highest BCUT2D eigenvalue weighted by Crippen LogP contribution is 2.31. The maximum absolute atomic E-state index is 9.76. The van der Waals surface area contributed by atoms with Crippen LogP contribution in [-0.4, -0.2) is 16.3 Å². The molecule has 1 rings (SSSR count). The average molecular weight is 235 g/mol. The Balaban J connectivity index is 2.56. The molecule has 1 heterocycles. The van der Waals surface area contributed by atoms with Crippen molar-refractivity contribution in [2.75, 3.05) is 0 Å². The highest BCUT2D eigenvalue weighted by atomic mass is 35.5. The van der Waals surface area contributed by atoms with Gasteiger partial charge in [-0.15, -0.1) is 11.3 Å². The Hall–Kier alpha value is -0.0900. The van der Waals surface area contributed by atoms with Crippen molar-refractivity contribution in [1.29, 1.82) is 0 Å². The van der Waals surface area contributed by atoms with Crippen molar-refractivity contribution in [2.24, 2.45) is 0 Å². The van der Waals surface area contributed by atoms with Gasteiger partial charge in [-0.3, -0.25) is 0 Å². The Morgan fingerprint density at radius 3 is 2.71 bits per heavy atom. The lowest BCUT2D eigenvalue weighted by Crippen LogP contribution is -2.17. The molecule has 0 spiro atoms. The molecule has 0 amide bonds. The normalized spacial score (nSPS) is 15.4. The molecule has 4 heteroatoms. The van der Waals surface area contributed by atoms with Crippen LogP contribution in [0.5, 0.6) is 0 Å². The maximum atomic E-state index is 9.76. The van der Waals surface area contributed by atoms with Gasteiger partial charge in [-0.1, -0.05) is 31.4 Å². The van der Waals surface area contributed by atoms with Gasteiger partial charge in [0.15, 0.2) is 0 Å². The van der Waals surface area contributed by atoms with Gasteiger partial charge >= 0.3 is 0 Å². The molecule has 2 nitrogen and oxygen atoms in total. The zero-order chi connectivity index (χ0) is 10.6. The number of aliphatic hydroxyl groups excluding tert-OH is 2. The molecule has 0 aliphatic carbocycles. The molecule has 0 radical (unpaired) electrons. The lowest BCUT2D eigenvalue weighted by Gasteiger charge is -2.16. The summed E-state index contributed by atoms with van der Waals surface area (Å²) in [6.07, 6.45) is 0.993. The van der Waals surface area contributed by atoms with Crippen LogP contribution >= 0.6 is 22.9 Å². The van der Waals surface area contributed by atoms with Crippen LogP contribution in [-0.2, 0) is 0 Å². The third-order valence-corrected chi connectivity index (χ3v) is 3.38. The molecule has 0 aliphatic rings. The molecule has 80 valence electrons. The second-order valence-electron chi connectivity index (χ2n) is 3.30. The van der Waals surface area contributed by atoms with E-state index in [2.05, 4.69) is 6.92 Å². The highest BCUT2D eigenvalue weighted by molar-refractivity contribution is 7.14. The molecule has 2 atom stereocenters. The second kappa shape index (κ2) is 5.71. The quantitative estimate of drug-likeness (QED) is 0.823. The molecule has 0 saturated heterocycles. The Morgan fingerprint density at radius 2 is 2.21 bits per heavy atom. The van der Waals surface area contributed by atoms with Crippen molar-refractivity contribution < 1.29 is 10.2 Å². The van der Waals surface area contributed by atoms with Gasteiger partial charge in [-0.2, -0.15) is 0 Å². The van der Waals surface area contributed by atoms with Crippen LogP contribution in [0.2, 0.25) is 4.34 Å². The summed E-state index contributed by atoms with van der Waals surface area (Å²) in [5, 5.41) is 21.2. The molecular formula is C10H15ClO2S. The predicted molar refractivity (Wildman–Crippen MR) is 59.8 cm³/mol. The summed E-state index contributed by atoms with van der Waals surface area (Å²) in [7, 11) is 0. The topological polar surface area (TPSA) is 40.5 Å². The Morgan fingerprint density at radius 1 is 1.50 bits per heavy atom. The summed E-state index contributed by atoms with van der Waals surface area (Å²) in [5.74, 6) is 0. The van der Waals surface area contributed by atoms with E-state index in [0.29, 0.717) is 16.3 Å². The molecular weight excluding hydrogens is 220 g/mol. The van der Waals surface area contributed by atoms with E-state index in [-0.39, 0.29) is 0 Å². The van der Waals surface area contributed by atoms with E-state index >= 15 is 0 Å². The summed E-state index contributed by atoms with van der Waals surface area (Å²) in [6.45, 7) is 2.05. The number of thiophene rings is 1. The van der Waals surface area contributed by atoms with E-state index in [1.54, 1.807) is 6.07 Å². The van der Waals surface area contributed by atoms with E-state index in [0.717, 1.165) is 12.8 Å². The Bertz CT molecular complexity index is 275. The van der Waals surface area contributed by atoms with E-state index in [1.165, 1.54) is 11.3 Å². The molecule has 0 aromatic carbocycles. The first-order chi connectivity index (χ1) is 6.66. The van der Waals surface area contributed by atoms with Crippen molar-refractivity contribution in [1.82, 2.24) is 0 Å². The van der Waals surface area contributed by atoms with Crippen LogP contribution < -0.4 is 0 Å². The molecule has 0 unspecified atom stereocenters. The monoisotopic (exact) mass is 234 g/mol. The minimum Gasteiger partial charge on any atom is -0.390 e. The molecule has 14 heavy (non-hydrogen) atoms. The molecule has 0 bridgehead atoms. The van der Waals surface area contributed by atoms with E-state index in [4.69, 9.17) is 11.6 Å². The molecule has 0 saturated carbocycles. The second-order valence-corrected chi connectivity index (χ2v) is 4.82. The largest absolute Gasteiger partial charge is 0.390 e. The van der Waals surface area contributed by atoms with Gasteiger partial charge in [-0.05, 0) is 17.9 Å². The smallest absolute Gasteiger partial charge is 0.107 e. The Kier molecular flexibility index (Phi) is 4.89. The van der Waals surface area contributed by atoms with Gasteiger partial charge in [0, 0.05) is 5.56 Å². The van der Waals surface area contributed by atoms with E-state index in [1.807, 2.05) is 5.38 Å². The van der Waals surface area contributed by atoms with Crippen molar-refractivity contribution in [3.8, 4) is 0 Å². The SMILES string of the molecule is CCCC[C@@H](O)[C@H](O)c1ccsc1Cl. The summed E-state index contributed by atoms with van der Waals surface area (Å²) in [6, 6.07) is 1.76. The van der Waals surface area contributed by atoms with Crippen LogP contribution in [0, 0.1) is 0 Å². The fourth-order valence-electron chi connectivity index (χ4n) is 1.29. The predicted octanol–water partition coefficient (Wildman–Crippen LogP) is 2.99.